The zero-order chi connectivity index (χ0) is 13.1. The molecule has 2 atom stereocenters. The summed E-state index contributed by atoms with van der Waals surface area (Å²) >= 11 is 0. The van der Waals surface area contributed by atoms with E-state index < -0.39 is 0 Å². The van der Waals surface area contributed by atoms with E-state index in [1.54, 1.807) is 19.1 Å². The molecule has 2 N–H and O–H groups in total. The Balaban J connectivity index is 2.00. The lowest BCUT2D eigenvalue weighted by Crippen LogP contribution is -2.40. The normalized spacial score (nSPS) is 23.7. The number of rotatable bonds is 2. The Bertz CT molecular complexity index is 447. The number of amides is 1. The largest absolute Gasteiger partial charge is 0.326 e. The highest BCUT2D eigenvalue weighted by Crippen LogP contribution is 2.19. The van der Waals surface area contributed by atoms with Crippen LogP contribution >= 0.6 is 0 Å². The van der Waals surface area contributed by atoms with Gasteiger partial charge in [0.05, 0.1) is 0 Å². The van der Waals surface area contributed by atoms with Crippen molar-refractivity contribution in [2.75, 3.05) is 11.9 Å². The molecule has 0 saturated carbocycles. The molecule has 2 rings (SSSR count). The molecule has 1 aromatic rings. The third-order valence-corrected chi connectivity index (χ3v) is 3.42. The third kappa shape index (κ3) is 3.07. The maximum absolute atomic E-state index is 13.1. The van der Waals surface area contributed by atoms with Crippen molar-refractivity contribution in [1.82, 2.24) is 5.32 Å². The van der Waals surface area contributed by atoms with Gasteiger partial charge in [0.2, 0.25) is 5.91 Å². The van der Waals surface area contributed by atoms with E-state index in [2.05, 4.69) is 17.6 Å². The molecule has 0 aliphatic carbocycles. The molecule has 1 aliphatic rings. The number of hydrogen-bond acceptors (Lipinski definition) is 2. The minimum Gasteiger partial charge on any atom is -0.326 e. The minimum atomic E-state index is -0.247. The lowest BCUT2D eigenvalue weighted by molar-refractivity contribution is -0.120. The number of benzene rings is 1. The van der Waals surface area contributed by atoms with Gasteiger partial charge >= 0.3 is 0 Å². The van der Waals surface area contributed by atoms with Crippen molar-refractivity contribution < 1.29 is 9.18 Å². The van der Waals surface area contributed by atoms with Crippen LogP contribution in [0.5, 0.6) is 0 Å². The molecule has 1 aliphatic heterocycles. The number of nitrogens with one attached hydrogen (secondary N) is 2. The molecule has 0 unspecified atom stereocenters. The molecular formula is C14H19FN2O. The molecule has 1 fully saturated rings. The summed E-state index contributed by atoms with van der Waals surface area (Å²) in [4.78, 5) is 12.1. The fraction of sp³-hybridized carbons (Fsp3) is 0.500. The van der Waals surface area contributed by atoms with Crippen molar-refractivity contribution in [1.29, 1.82) is 0 Å². The third-order valence-electron chi connectivity index (χ3n) is 3.42. The van der Waals surface area contributed by atoms with Crippen LogP contribution in [-0.2, 0) is 4.79 Å². The van der Waals surface area contributed by atoms with Gasteiger partial charge < -0.3 is 10.6 Å². The van der Waals surface area contributed by atoms with Crippen LogP contribution in [0.25, 0.3) is 0 Å². The van der Waals surface area contributed by atoms with Gasteiger partial charge in [-0.3, -0.25) is 4.79 Å². The van der Waals surface area contributed by atoms with E-state index in [0.717, 1.165) is 19.4 Å². The number of hydrogen-bond donors (Lipinski definition) is 2. The van der Waals surface area contributed by atoms with Gasteiger partial charge in [-0.25, -0.2) is 4.39 Å². The van der Waals surface area contributed by atoms with E-state index in [0.29, 0.717) is 17.3 Å². The van der Waals surface area contributed by atoms with E-state index in [4.69, 9.17) is 0 Å². The summed E-state index contributed by atoms with van der Waals surface area (Å²) in [5.41, 5.74) is 1.22. The van der Waals surface area contributed by atoms with Gasteiger partial charge in [0.1, 0.15) is 5.82 Å². The first-order valence-corrected chi connectivity index (χ1v) is 6.36. The number of halogens is 1. The van der Waals surface area contributed by atoms with Crippen molar-refractivity contribution in [2.24, 2.45) is 5.92 Å². The van der Waals surface area contributed by atoms with Crippen molar-refractivity contribution in [2.45, 2.75) is 32.7 Å². The Morgan fingerprint density at radius 2 is 2.28 bits per heavy atom. The molecule has 1 amide bonds. The highest BCUT2D eigenvalue weighted by molar-refractivity contribution is 5.92. The second-order valence-electron chi connectivity index (χ2n) is 5.03. The summed E-state index contributed by atoms with van der Waals surface area (Å²) < 4.78 is 13.1. The number of aryl methyl sites for hydroxylation is 1. The molecule has 0 radical (unpaired) electrons. The molecule has 18 heavy (non-hydrogen) atoms. The summed E-state index contributed by atoms with van der Waals surface area (Å²) in [7, 11) is 0. The standard InChI is InChI=1S/C14H19FN2O/c1-9-7-12(3-4-13(9)15)17-14(18)11-5-6-16-10(2)8-11/h3-4,7,10-11,16H,5-6,8H2,1-2H3,(H,17,18)/t10-,11-/m0/s1. The number of piperidine rings is 1. The van der Waals surface area contributed by atoms with Crippen LogP contribution in [0.15, 0.2) is 18.2 Å². The molecule has 0 aromatic heterocycles. The molecule has 98 valence electrons. The smallest absolute Gasteiger partial charge is 0.227 e. The zero-order valence-electron chi connectivity index (χ0n) is 10.8. The van der Waals surface area contributed by atoms with Crippen molar-refractivity contribution >= 4 is 11.6 Å². The van der Waals surface area contributed by atoms with E-state index in [-0.39, 0.29) is 17.6 Å². The summed E-state index contributed by atoms with van der Waals surface area (Å²) in [6.07, 6.45) is 1.71. The first-order chi connectivity index (χ1) is 8.56. The molecule has 3 nitrogen and oxygen atoms in total. The minimum absolute atomic E-state index is 0.0364. The zero-order valence-corrected chi connectivity index (χ0v) is 10.8. The van der Waals surface area contributed by atoms with Crippen molar-refractivity contribution in [3.63, 3.8) is 0 Å². The van der Waals surface area contributed by atoms with Gasteiger partial charge in [-0.1, -0.05) is 0 Å². The predicted molar refractivity (Wildman–Crippen MR) is 70.0 cm³/mol. The van der Waals surface area contributed by atoms with Gasteiger partial charge in [-0.05, 0) is 57.0 Å². The number of anilines is 1. The summed E-state index contributed by atoms with van der Waals surface area (Å²) in [5.74, 6) is -0.163. The van der Waals surface area contributed by atoms with Crippen molar-refractivity contribution in [3.05, 3.63) is 29.6 Å². The Morgan fingerprint density at radius 1 is 1.50 bits per heavy atom. The van der Waals surface area contributed by atoms with E-state index >= 15 is 0 Å². The molecule has 1 saturated heterocycles. The lowest BCUT2D eigenvalue weighted by atomic mass is 9.92. The molecule has 1 aromatic carbocycles. The van der Waals surface area contributed by atoms with E-state index in [1.165, 1.54) is 6.07 Å². The topological polar surface area (TPSA) is 41.1 Å². The molecule has 0 spiro atoms. The van der Waals surface area contributed by atoms with Crippen LogP contribution < -0.4 is 10.6 Å². The average Bonchev–Trinajstić information content (AvgIpc) is 2.34. The first-order valence-electron chi connectivity index (χ1n) is 6.36. The summed E-state index contributed by atoms with van der Waals surface area (Å²) in [6, 6.07) is 5.03. The highest BCUT2D eigenvalue weighted by atomic mass is 19.1. The summed E-state index contributed by atoms with van der Waals surface area (Å²) in [5, 5.41) is 6.18. The number of carbonyl (C=O) groups excluding carboxylic acids is 1. The Morgan fingerprint density at radius 3 is 2.94 bits per heavy atom. The van der Waals surface area contributed by atoms with Gasteiger partial charge in [-0.15, -0.1) is 0 Å². The van der Waals surface area contributed by atoms with Crippen LogP contribution in [-0.4, -0.2) is 18.5 Å². The monoisotopic (exact) mass is 250 g/mol. The van der Waals surface area contributed by atoms with Gasteiger partial charge in [-0.2, -0.15) is 0 Å². The molecular weight excluding hydrogens is 231 g/mol. The average molecular weight is 250 g/mol. The number of carbonyl (C=O) groups is 1. The van der Waals surface area contributed by atoms with Gasteiger partial charge in [0, 0.05) is 17.6 Å². The van der Waals surface area contributed by atoms with Crippen LogP contribution in [0.2, 0.25) is 0 Å². The molecule has 1 heterocycles. The van der Waals surface area contributed by atoms with E-state index in [9.17, 15) is 9.18 Å². The Labute approximate surface area is 107 Å². The second-order valence-corrected chi connectivity index (χ2v) is 5.03. The van der Waals surface area contributed by atoms with E-state index in [1.807, 2.05) is 0 Å². The lowest BCUT2D eigenvalue weighted by Gasteiger charge is -2.27. The SMILES string of the molecule is Cc1cc(NC(=O)[C@H]2CCN[C@@H](C)C2)ccc1F. The van der Waals surface area contributed by atoms with Crippen LogP contribution in [0, 0.1) is 18.7 Å². The van der Waals surface area contributed by atoms with Crippen LogP contribution in [0.1, 0.15) is 25.3 Å². The quantitative estimate of drug-likeness (QED) is 0.846. The fourth-order valence-electron chi connectivity index (χ4n) is 2.34. The Kier molecular flexibility index (Phi) is 3.97. The molecule has 0 bridgehead atoms. The second kappa shape index (κ2) is 5.48. The van der Waals surface area contributed by atoms with Crippen molar-refractivity contribution in [3.8, 4) is 0 Å². The highest BCUT2D eigenvalue weighted by Gasteiger charge is 2.24. The molecule has 4 heteroatoms. The van der Waals surface area contributed by atoms with Gasteiger partial charge in [0.25, 0.3) is 0 Å². The first kappa shape index (κ1) is 13.0. The van der Waals surface area contributed by atoms with Gasteiger partial charge in [0.15, 0.2) is 0 Å². The van der Waals surface area contributed by atoms with Crippen LogP contribution in [0.3, 0.4) is 0 Å². The predicted octanol–water partition coefficient (Wildman–Crippen LogP) is 2.46. The maximum atomic E-state index is 13.1. The Hall–Kier alpha value is -1.42. The summed E-state index contributed by atoms with van der Waals surface area (Å²) in [6.45, 7) is 4.65. The van der Waals surface area contributed by atoms with Crippen LogP contribution in [0.4, 0.5) is 10.1 Å². The maximum Gasteiger partial charge on any atom is 0.227 e. The fourth-order valence-corrected chi connectivity index (χ4v) is 2.34.